The van der Waals surface area contributed by atoms with E-state index in [-0.39, 0.29) is 10.5 Å². The molecule has 0 atom stereocenters. The van der Waals surface area contributed by atoms with E-state index in [1.54, 1.807) is 22.9 Å². The molecule has 1 aliphatic carbocycles. The van der Waals surface area contributed by atoms with E-state index >= 15 is 0 Å². The highest BCUT2D eigenvalue weighted by atomic mass is 32.2. The number of benzene rings is 1. The maximum absolute atomic E-state index is 12.3. The summed E-state index contributed by atoms with van der Waals surface area (Å²) in [5, 5.41) is 4.34. The normalized spacial score (nSPS) is 15.4. The van der Waals surface area contributed by atoms with E-state index in [2.05, 4.69) is 10.3 Å². The smallest absolute Gasteiger partial charge is 0.272 e. The van der Waals surface area contributed by atoms with Crippen LogP contribution in [0.3, 0.4) is 0 Å². The van der Waals surface area contributed by atoms with Crippen LogP contribution in [0.25, 0.3) is 22.0 Å². The average Bonchev–Trinajstić information content (AvgIpc) is 3.28. The third kappa shape index (κ3) is 3.46. The fourth-order valence-corrected chi connectivity index (χ4v) is 4.83. The predicted molar refractivity (Wildman–Crippen MR) is 113 cm³/mol. The molecule has 0 aliphatic heterocycles. The summed E-state index contributed by atoms with van der Waals surface area (Å²) >= 11 is 0. The number of aromatic nitrogens is 2. The minimum absolute atomic E-state index is 0.161. The first kappa shape index (κ1) is 18.8. The van der Waals surface area contributed by atoms with Crippen molar-refractivity contribution in [1.29, 1.82) is 0 Å². The van der Waals surface area contributed by atoms with Crippen LogP contribution in [0, 0.1) is 5.92 Å². The van der Waals surface area contributed by atoms with Crippen molar-refractivity contribution >= 4 is 26.4 Å². The van der Waals surface area contributed by atoms with Gasteiger partial charge in [-0.2, -0.15) is 0 Å². The highest BCUT2D eigenvalue weighted by molar-refractivity contribution is 7.90. The lowest BCUT2D eigenvalue weighted by Gasteiger charge is -2.16. The van der Waals surface area contributed by atoms with Crippen LogP contribution in [0.1, 0.15) is 25.7 Å². The number of rotatable bonds is 5. The van der Waals surface area contributed by atoms with Gasteiger partial charge in [-0.1, -0.05) is 12.8 Å². The number of hydrogen-bond donors (Lipinski definition) is 2. The largest absolute Gasteiger partial charge is 0.384 e. The molecule has 148 valence electrons. The van der Waals surface area contributed by atoms with Crippen molar-refractivity contribution in [2.24, 2.45) is 13.0 Å². The summed E-state index contributed by atoms with van der Waals surface area (Å²) in [6, 6.07) is 7.06. The Balaban J connectivity index is 1.85. The summed E-state index contributed by atoms with van der Waals surface area (Å²) in [6.07, 6.45) is 9.74. The lowest BCUT2D eigenvalue weighted by molar-refractivity contribution is 0.580. The number of hydrogen-bond acceptors (Lipinski definition) is 4. The molecule has 7 heteroatoms. The number of nitrogens with zero attached hydrogens (tertiary/aromatic N) is 1. The second-order valence-electron chi connectivity index (χ2n) is 7.73. The quantitative estimate of drug-likeness (QED) is 0.687. The summed E-state index contributed by atoms with van der Waals surface area (Å²) in [7, 11) is -1.51. The molecule has 0 saturated heterocycles. The molecule has 0 spiro atoms. The Morgan fingerprint density at radius 3 is 2.64 bits per heavy atom. The van der Waals surface area contributed by atoms with Gasteiger partial charge in [0.15, 0.2) is 9.84 Å². The van der Waals surface area contributed by atoms with Crippen molar-refractivity contribution in [2.75, 3.05) is 18.1 Å². The van der Waals surface area contributed by atoms with Crippen LogP contribution in [0.5, 0.6) is 0 Å². The monoisotopic (exact) mass is 399 g/mol. The predicted octanol–water partition coefficient (Wildman–Crippen LogP) is 3.54. The second kappa shape index (κ2) is 7.13. The van der Waals surface area contributed by atoms with E-state index in [4.69, 9.17) is 0 Å². The molecule has 6 nitrogen and oxygen atoms in total. The number of anilines is 1. The number of fused-ring (bicyclic) bond motifs is 1. The molecule has 28 heavy (non-hydrogen) atoms. The third-order valence-electron chi connectivity index (χ3n) is 5.67. The fourth-order valence-electron chi connectivity index (χ4n) is 4.18. The number of aromatic amines is 1. The Labute approximate surface area is 164 Å². The summed E-state index contributed by atoms with van der Waals surface area (Å²) in [5.74, 6) is 0.651. The first-order chi connectivity index (χ1) is 13.3. The van der Waals surface area contributed by atoms with Crippen LogP contribution in [-0.2, 0) is 16.9 Å². The second-order valence-corrected chi connectivity index (χ2v) is 9.75. The minimum Gasteiger partial charge on any atom is -0.384 e. The van der Waals surface area contributed by atoms with Crippen LogP contribution in [-0.4, -0.2) is 30.8 Å². The number of aryl methyl sites for hydroxylation is 1. The lowest BCUT2D eigenvalue weighted by atomic mass is 10.0. The Kier molecular flexibility index (Phi) is 4.79. The molecule has 2 N–H and O–H groups in total. The molecular weight excluding hydrogens is 374 g/mol. The van der Waals surface area contributed by atoms with E-state index in [1.165, 1.54) is 31.9 Å². The molecule has 4 rings (SSSR count). The van der Waals surface area contributed by atoms with Gasteiger partial charge < -0.3 is 14.9 Å². The van der Waals surface area contributed by atoms with Gasteiger partial charge in [-0.25, -0.2) is 8.42 Å². The number of pyridine rings is 1. The van der Waals surface area contributed by atoms with Crippen molar-refractivity contribution in [1.82, 2.24) is 9.55 Å². The van der Waals surface area contributed by atoms with Gasteiger partial charge in [0.05, 0.1) is 4.90 Å². The van der Waals surface area contributed by atoms with Gasteiger partial charge in [-0.05, 0) is 43.0 Å². The summed E-state index contributed by atoms with van der Waals surface area (Å²) in [6.45, 7) is 0.872. The highest BCUT2D eigenvalue weighted by Crippen LogP contribution is 2.36. The summed E-state index contributed by atoms with van der Waals surface area (Å²) in [5.41, 5.74) is 2.96. The van der Waals surface area contributed by atoms with Crippen LogP contribution < -0.4 is 10.9 Å². The molecular formula is C21H25N3O3S. The Bertz CT molecular complexity index is 1190. The Morgan fingerprint density at radius 2 is 1.93 bits per heavy atom. The van der Waals surface area contributed by atoms with E-state index in [0.717, 1.165) is 28.7 Å². The van der Waals surface area contributed by atoms with Crippen molar-refractivity contribution in [3.63, 3.8) is 0 Å². The molecule has 1 aliphatic rings. The van der Waals surface area contributed by atoms with Crippen LogP contribution in [0.15, 0.2) is 46.3 Å². The maximum atomic E-state index is 12.3. The van der Waals surface area contributed by atoms with E-state index in [1.807, 2.05) is 25.4 Å². The first-order valence-corrected chi connectivity index (χ1v) is 11.5. The molecule has 0 bridgehead atoms. The number of sulfone groups is 1. The molecule has 1 saturated carbocycles. The van der Waals surface area contributed by atoms with E-state index in [0.29, 0.717) is 11.4 Å². The topological polar surface area (TPSA) is 84.0 Å². The van der Waals surface area contributed by atoms with Gasteiger partial charge in [0.25, 0.3) is 5.56 Å². The fraction of sp³-hybridized carbons (Fsp3) is 0.381. The summed E-state index contributed by atoms with van der Waals surface area (Å²) < 4.78 is 26.1. The van der Waals surface area contributed by atoms with Gasteiger partial charge in [0.2, 0.25) is 0 Å². The number of H-pyrrole nitrogens is 1. The van der Waals surface area contributed by atoms with Gasteiger partial charge in [0, 0.05) is 54.4 Å². The van der Waals surface area contributed by atoms with E-state index in [9.17, 15) is 13.2 Å². The highest BCUT2D eigenvalue weighted by Gasteiger charge is 2.19. The van der Waals surface area contributed by atoms with Crippen LogP contribution >= 0.6 is 0 Å². The van der Waals surface area contributed by atoms with E-state index < -0.39 is 9.84 Å². The maximum Gasteiger partial charge on any atom is 0.272 e. The van der Waals surface area contributed by atoms with Crippen LogP contribution in [0.4, 0.5) is 5.69 Å². The Morgan fingerprint density at radius 1 is 1.18 bits per heavy atom. The molecule has 0 unspecified atom stereocenters. The molecule has 2 aromatic heterocycles. The standard InChI is InChI=1S/C21H25N3O3S/c1-24-13-18(16-9-10-22-21(25)20(16)24)17-11-15(28(2,26)27)7-8-19(17)23-12-14-5-3-4-6-14/h7-11,13-14,23H,3-6,12H2,1-2H3,(H,22,25). The third-order valence-corrected chi connectivity index (χ3v) is 6.78. The van der Waals surface area contributed by atoms with Crippen molar-refractivity contribution < 1.29 is 8.42 Å². The first-order valence-electron chi connectivity index (χ1n) is 9.59. The zero-order chi connectivity index (χ0) is 19.9. The van der Waals surface area contributed by atoms with Crippen LogP contribution in [0.2, 0.25) is 0 Å². The van der Waals surface area contributed by atoms with Crippen molar-refractivity contribution in [3.8, 4) is 11.1 Å². The molecule has 0 amide bonds. The molecule has 1 fully saturated rings. The molecule has 0 radical (unpaired) electrons. The van der Waals surface area contributed by atoms with Gasteiger partial charge in [0.1, 0.15) is 5.52 Å². The number of nitrogens with one attached hydrogen (secondary N) is 2. The summed E-state index contributed by atoms with van der Waals surface area (Å²) in [4.78, 5) is 15.2. The minimum atomic E-state index is -3.34. The van der Waals surface area contributed by atoms with Crippen molar-refractivity contribution in [3.05, 3.63) is 47.0 Å². The van der Waals surface area contributed by atoms with Crippen molar-refractivity contribution in [2.45, 2.75) is 30.6 Å². The zero-order valence-corrected chi connectivity index (χ0v) is 17.0. The lowest BCUT2D eigenvalue weighted by Crippen LogP contribution is -2.12. The molecule has 1 aromatic carbocycles. The zero-order valence-electron chi connectivity index (χ0n) is 16.2. The average molecular weight is 400 g/mol. The Hall–Kier alpha value is -2.54. The van der Waals surface area contributed by atoms with Gasteiger partial charge in [-0.15, -0.1) is 0 Å². The molecule has 2 heterocycles. The molecule has 3 aromatic rings. The van der Waals surface area contributed by atoms with Gasteiger partial charge >= 0.3 is 0 Å². The van der Waals surface area contributed by atoms with Gasteiger partial charge in [-0.3, -0.25) is 4.79 Å². The SMILES string of the molecule is Cn1cc(-c2cc(S(C)(=O)=O)ccc2NCC2CCCC2)c2cc[nH]c(=O)c21.